The van der Waals surface area contributed by atoms with Gasteiger partial charge in [-0.1, -0.05) is 34.1 Å². The van der Waals surface area contributed by atoms with Crippen LogP contribution in [0.2, 0.25) is 0 Å². The van der Waals surface area contributed by atoms with Crippen LogP contribution >= 0.6 is 0 Å². The molecule has 0 aromatic carbocycles. The third kappa shape index (κ3) is 2.16. The number of aliphatic imine (C=N–C) groups is 1. The Balaban J connectivity index is 2.22. The second-order valence-corrected chi connectivity index (χ2v) is 6.57. The zero-order valence-corrected chi connectivity index (χ0v) is 11.7. The molecule has 1 aliphatic heterocycles. The summed E-state index contributed by atoms with van der Waals surface area (Å²) in [5.41, 5.74) is 6.34. The fourth-order valence-corrected chi connectivity index (χ4v) is 3.56. The van der Waals surface area contributed by atoms with E-state index in [4.69, 9.17) is 5.73 Å². The van der Waals surface area contributed by atoms with Crippen molar-refractivity contribution < 1.29 is 0 Å². The zero-order valence-electron chi connectivity index (χ0n) is 11.7. The molecule has 3 atom stereocenters. The van der Waals surface area contributed by atoms with E-state index in [9.17, 15) is 0 Å². The van der Waals surface area contributed by atoms with Crippen molar-refractivity contribution >= 4 is 5.96 Å². The lowest BCUT2D eigenvalue weighted by atomic mass is 9.69. The molecule has 17 heavy (non-hydrogen) atoms. The number of nitrogens with two attached hydrogens (primary N) is 1. The zero-order chi connectivity index (χ0) is 12.6. The Morgan fingerprint density at radius 2 is 2.12 bits per heavy atom. The van der Waals surface area contributed by atoms with Crippen molar-refractivity contribution in [2.75, 3.05) is 13.1 Å². The van der Waals surface area contributed by atoms with Crippen LogP contribution < -0.4 is 5.73 Å². The molecule has 3 heteroatoms. The minimum Gasteiger partial charge on any atom is -0.370 e. The van der Waals surface area contributed by atoms with Crippen molar-refractivity contribution in [2.24, 2.45) is 28.5 Å². The molecule has 1 fully saturated rings. The third-order valence-electron chi connectivity index (χ3n) is 4.59. The average molecular weight is 237 g/mol. The van der Waals surface area contributed by atoms with Crippen LogP contribution in [0.15, 0.2) is 4.99 Å². The second kappa shape index (κ2) is 4.51. The summed E-state index contributed by atoms with van der Waals surface area (Å²) in [5, 5.41) is 0. The molecule has 0 saturated heterocycles. The van der Waals surface area contributed by atoms with Crippen LogP contribution in [0.1, 0.15) is 47.0 Å². The molecule has 1 heterocycles. The molecular weight excluding hydrogens is 210 g/mol. The monoisotopic (exact) mass is 237 g/mol. The molecule has 2 aliphatic rings. The summed E-state index contributed by atoms with van der Waals surface area (Å²) in [7, 11) is 0. The summed E-state index contributed by atoms with van der Waals surface area (Å²) < 4.78 is 0. The minimum absolute atomic E-state index is 0.228. The normalized spacial score (nSPS) is 37.9. The van der Waals surface area contributed by atoms with E-state index in [1.54, 1.807) is 0 Å². The molecule has 3 unspecified atom stereocenters. The molecule has 2 N–H and O–H groups in total. The van der Waals surface area contributed by atoms with Crippen molar-refractivity contribution in [3.05, 3.63) is 0 Å². The number of nitrogens with zero attached hydrogens (tertiary/aromatic N) is 2. The van der Waals surface area contributed by atoms with Gasteiger partial charge in [0.05, 0.1) is 12.1 Å². The number of hydrogen-bond acceptors (Lipinski definition) is 3. The summed E-state index contributed by atoms with van der Waals surface area (Å²) in [6.45, 7) is 11.2. The van der Waals surface area contributed by atoms with Gasteiger partial charge in [0, 0.05) is 6.54 Å². The molecule has 98 valence electrons. The molecule has 2 rings (SSSR count). The quantitative estimate of drug-likeness (QED) is 0.801. The van der Waals surface area contributed by atoms with Crippen LogP contribution in [0.3, 0.4) is 0 Å². The Labute approximate surface area is 105 Å². The molecule has 0 amide bonds. The maximum absolute atomic E-state index is 6.12. The first kappa shape index (κ1) is 12.7. The van der Waals surface area contributed by atoms with Crippen LogP contribution in [-0.2, 0) is 0 Å². The molecule has 1 spiro atoms. The molecule has 0 aromatic rings. The molecular formula is C14H27N3. The van der Waals surface area contributed by atoms with Gasteiger partial charge in [0.25, 0.3) is 0 Å². The molecule has 1 saturated carbocycles. The van der Waals surface area contributed by atoms with E-state index in [1.165, 1.54) is 19.3 Å². The Hall–Kier alpha value is -0.730. The fourth-order valence-electron chi connectivity index (χ4n) is 3.56. The molecule has 0 radical (unpaired) electrons. The van der Waals surface area contributed by atoms with E-state index >= 15 is 0 Å². The van der Waals surface area contributed by atoms with Gasteiger partial charge in [-0.15, -0.1) is 0 Å². The van der Waals surface area contributed by atoms with Crippen molar-refractivity contribution in [1.29, 1.82) is 0 Å². The van der Waals surface area contributed by atoms with E-state index in [1.807, 2.05) is 0 Å². The fraction of sp³-hybridized carbons (Fsp3) is 0.929. The summed E-state index contributed by atoms with van der Waals surface area (Å²) in [4.78, 5) is 6.97. The van der Waals surface area contributed by atoms with Crippen molar-refractivity contribution in [3.63, 3.8) is 0 Å². The second-order valence-electron chi connectivity index (χ2n) is 6.57. The van der Waals surface area contributed by atoms with Crippen LogP contribution in [-0.4, -0.2) is 29.5 Å². The predicted octanol–water partition coefficient (Wildman–Crippen LogP) is 2.47. The summed E-state index contributed by atoms with van der Waals surface area (Å²) in [5.74, 6) is 2.94. The first-order valence-corrected chi connectivity index (χ1v) is 7.03. The summed E-state index contributed by atoms with van der Waals surface area (Å²) in [6, 6.07) is 0. The number of guanidine groups is 1. The highest BCUT2D eigenvalue weighted by Gasteiger charge is 2.48. The smallest absolute Gasteiger partial charge is 0.191 e. The van der Waals surface area contributed by atoms with Crippen LogP contribution in [0.25, 0.3) is 0 Å². The maximum Gasteiger partial charge on any atom is 0.191 e. The minimum atomic E-state index is 0.228. The number of rotatable bonds is 2. The highest BCUT2D eigenvalue weighted by molar-refractivity contribution is 5.81. The topological polar surface area (TPSA) is 41.6 Å². The van der Waals surface area contributed by atoms with Gasteiger partial charge in [-0.05, 0) is 30.6 Å². The van der Waals surface area contributed by atoms with Gasteiger partial charge >= 0.3 is 0 Å². The van der Waals surface area contributed by atoms with Crippen molar-refractivity contribution in [1.82, 2.24) is 4.90 Å². The van der Waals surface area contributed by atoms with E-state index in [-0.39, 0.29) is 5.54 Å². The van der Waals surface area contributed by atoms with E-state index in [0.717, 1.165) is 25.0 Å². The van der Waals surface area contributed by atoms with Gasteiger partial charge in [-0.25, -0.2) is 0 Å². The molecule has 1 aliphatic carbocycles. The Morgan fingerprint density at radius 1 is 1.41 bits per heavy atom. The van der Waals surface area contributed by atoms with Gasteiger partial charge < -0.3 is 10.6 Å². The highest BCUT2D eigenvalue weighted by atomic mass is 15.4. The van der Waals surface area contributed by atoms with Gasteiger partial charge in [-0.2, -0.15) is 0 Å². The maximum atomic E-state index is 6.12. The first-order valence-electron chi connectivity index (χ1n) is 7.03. The van der Waals surface area contributed by atoms with Gasteiger partial charge in [0.2, 0.25) is 0 Å². The summed E-state index contributed by atoms with van der Waals surface area (Å²) >= 11 is 0. The van der Waals surface area contributed by atoms with Crippen LogP contribution in [0.5, 0.6) is 0 Å². The predicted molar refractivity (Wildman–Crippen MR) is 72.9 cm³/mol. The van der Waals surface area contributed by atoms with Crippen LogP contribution in [0, 0.1) is 17.8 Å². The third-order valence-corrected chi connectivity index (χ3v) is 4.59. The van der Waals surface area contributed by atoms with E-state index in [2.05, 4.69) is 37.6 Å². The molecule has 0 aromatic heterocycles. The van der Waals surface area contributed by atoms with Crippen molar-refractivity contribution in [3.8, 4) is 0 Å². The largest absolute Gasteiger partial charge is 0.370 e. The SMILES string of the molecule is CC(C)CN1C(N)=NCC12CC(C)CCC2C. The van der Waals surface area contributed by atoms with Crippen LogP contribution in [0.4, 0.5) is 0 Å². The lowest BCUT2D eigenvalue weighted by Gasteiger charge is -2.49. The number of hydrogen-bond donors (Lipinski definition) is 1. The van der Waals surface area contributed by atoms with Gasteiger partial charge in [0.1, 0.15) is 0 Å². The average Bonchev–Trinajstić information content (AvgIpc) is 2.54. The van der Waals surface area contributed by atoms with Crippen molar-refractivity contribution in [2.45, 2.75) is 52.5 Å². The van der Waals surface area contributed by atoms with Gasteiger partial charge in [0.15, 0.2) is 5.96 Å². The van der Waals surface area contributed by atoms with E-state index < -0.39 is 0 Å². The van der Waals surface area contributed by atoms with E-state index in [0.29, 0.717) is 11.8 Å². The molecule has 3 nitrogen and oxygen atoms in total. The lowest BCUT2D eigenvalue weighted by molar-refractivity contribution is 0.0517. The Kier molecular flexibility index (Phi) is 3.37. The molecule has 0 bridgehead atoms. The van der Waals surface area contributed by atoms with Gasteiger partial charge in [-0.3, -0.25) is 4.99 Å². The lowest BCUT2D eigenvalue weighted by Crippen LogP contribution is -2.58. The highest BCUT2D eigenvalue weighted by Crippen LogP contribution is 2.43. The Morgan fingerprint density at radius 3 is 2.76 bits per heavy atom. The Bertz CT molecular complexity index is 311. The first-order chi connectivity index (χ1) is 7.95. The standard InChI is InChI=1S/C14H27N3/c1-10(2)8-17-13(15)16-9-14(17)7-11(3)5-6-12(14)4/h10-12H,5-9H2,1-4H3,(H2,15,16). The summed E-state index contributed by atoms with van der Waals surface area (Å²) in [6.07, 6.45) is 3.93.